The number of hydrogen-bond donors (Lipinski definition) is 2. The van der Waals surface area contributed by atoms with Crippen molar-refractivity contribution in [1.82, 2.24) is 5.32 Å². The Morgan fingerprint density at radius 3 is 2.78 bits per heavy atom. The molecule has 1 unspecified atom stereocenters. The fourth-order valence-corrected chi connectivity index (χ4v) is 1.39. The van der Waals surface area contributed by atoms with Gasteiger partial charge in [-0.3, -0.25) is 14.9 Å². The first-order valence-electron chi connectivity index (χ1n) is 5.45. The minimum atomic E-state index is -0.671. The van der Waals surface area contributed by atoms with Crippen LogP contribution in [0.5, 0.6) is 5.75 Å². The zero-order valence-corrected chi connectivity index (χ0v) is 9.96. The summed E-state index contributed by atoms with van der Waals surface area (Å²) in [6.07, 6.45) is 0. The van der Waals surface area contributed by atoms with Crippen LogP contribution in [0.25, 0.3) is 0 Å². The van der Waals surface area contributed by atoms with Gasteiger partial charge in [-0.2, -0.15) is 0 Å². The monoisotopic (exact) mass is 253 g/mol. The number of primary amides is 1. The Labute approximate surface area is 104 Å². The number of carbonyl (C=O) groups is 1. The number of carbonyl (C=O) groups excluding carboxylic acids is 1. The number of amides is 1. The Morgan fingerprint density at radius 1 is 1.56 bits per heavy atom. The molecule has 0 aliphatic heterocycles. The van der Waals surface area contributed by atoms with E-state index in [9.17, 15) is 14.9 Å². The van der Waals surface area contributed by atoms with Crippen LogP contribution in [-0.2, 0) is 4.79 Å². The SMILES string of the molecule is CCNC(COc1ccccc1[N+](=O)[O-])C(N)=O. The third-order valence-electron chi connectivity index (χ3n) is 2.26. The van der Waals surface area contributed by atoms with Crippen LogP contribution in [0, 0.1) is 10.1 Å². The van der Waals surface area contributed by atoms with Crippen molar-refractivity contribution in [3.05, 3.63) is 34.4 Å². The molecule has 98 valence electrons. The second-order valence-corrected chi connectivity index (χ2v) is 3.55. The number of nitrogens with zero attached hydrogens (tertiary/aromatic N) is 1. The lowest BCUT2D eigenvalue weighted by Crippen LogP contribution is -2.45. The van der Waals surface area contributed by atoms with Crippen molar-refractivity contribution in [2.75, 3.05) is 13.2 Å². The van der Waals surface area contributed by atoms with Gasteiger partial charge in [0, 0.05) is 6.07 Å². The Hall–Kier alpha value is -2.15. The average Bonchev–Trinajstić information content (AvgIpc) is 2.34. The van der Waals surface area contributed by atoms with Crippen LogP contribution in [0.4, 0.5) is 5.69 Å². The number of nitro benzene ring substituents is 1. The molecule has 0 saturated heterocycles. The molecule has 1 atom stereocenters. The smallest absolute Gasteiger partial charge is 0.310 e. The van der Waals surface area contributed by atoms with E-state index < -0.39 is 16.9 Å². The van der Waals surface area contributed by atoms with Crippen LogP contribution >= 0.6 is 0 Å². The number of ether oxygens (including phenoxy) is 1. The van der Waals surface area contributed by atoms with E-state index in [0.717, 1.165) is 0 Å². The van der Waals surface area contributed by atoms with Crippen molar-refractivity contribution in [1.29, 1.82) is 0 Å². The van der Waals surface area contributed by atoms with Gasteiger partial charge in [-0.25, -0.2) is 0 Å². The maximum absolute atomic E-state index is 11.1. The van der Waals surface area contributed by atoms with E-state index in [1.807, 2.05) is 6.92 Å². The summed E-state index contributed by atoms with van der Waals surface area (Å²) in [5.74, 6) is -0.443. The lowest BCUT2D eigenvalue weighted by Gasteiger charge is -2.14. The summed E-state index contributed by atoms with van der Waals surface area (Å²) in [6, 6.07) is 5.30. The van der Waals surface area contributed by atoms with Gasteiger partial charge in [0.1, 0.15) is 12.6 Å². The topological polar surface area (TPSA) is 107 Å². The number of nitrogens with two attached hydrogens (primary N) is 1. The number of para-hydroxylation sites is 2. The van der Waals surface area contributed by atoms with E-state index >= 15 is 0 Å². The summed E-state index contributed by atoms with van der Waals surface area (Å²) in [5, 5.41) is 13.6. The van der Waals surface area contributed by atoms with E-state index in [1.165, 1.54) is 12.1 Å². The molecule has 0 fully saturated rings. The number of likely N-dealkylation sites (N-methyl/N-ethyl adjacent to an activating group) is 1. The molecule has 1 aromatic carbocycles. The van der Waals surface area contributed by atoms with Crippen molar-refractivity contribution in [3.63, 3.8) is 0 Å². The van der Waals surface area contributed by atoms with Crippen LogP contribution < -0.4 is 15.8 Å². The fourth-order valence-electron chi connectivity index (χ4n) is 1.39. The molecular weight excluding hydrogens is 238 g/mol. The van der Waals surface area contributed by atoms with E-state index in [-0.39, 0.29) is 18.0 Å². The Bertz CT molecular complexity index is 436. The van der Waals surface area contributed by atoms with Gasteiger partial charge in [-0.15, -0.1) is 0 Å². The molecule has 18 heavy (non-hydrogen) atoms. The van der Waals surface area contributed by atoms with Gasteiger partial charge in [0.15, 0.2) is 5.75 Å². The van der Waals surface area contributed by atoms with E-state index in [1.54, 1.807) is 12.1 Å². The van der Waals surface area contributed by atoms with Crippen LogP contribution in [0.15, 0.2) is 24.3 Å². The summed E-state index contributed by atoms with van der Waals surface area (Å²) < 4.78 is 5.27. The molecule has 7 nitrogen and oxygen atoms in total. The standard InChI is InChI=1S/C11H15N3O4/c1-2-13-8(11(12)15)7-18-10-6-4-3-5-9(10)14(16)17/h3-6,8,13H,2,7H2,1H3,(H2,12,15). The van der Waals surface area contributed by atoms with Gasteiger partial charge in [-0.05, 0) is 12.6 Å². The van der Waals surface area contributed by atoms with Crippen molar-refractivity contribution < 1.29 is 14.5 Å². The third kappa shape index (κ3) is 3.70. The van der Waals surface area contributed by atoms with Crippen molar-refractivity contribution in [2.24, 2.45) is 5.73 Å². The molecule has 0 heterocycles. The normalized spacial score (nSPS) is 11.8. The lowest BCUT2D eigenvalue weighted by molar-refractivity contribution is -0.385. The van der Waals surface area contributed by atoms with Crippen LogP contribution in [-0.4, -0.2) is 30.0 Å². The summed E-state index contributed by atoms with van der Waals surface area (Å²) in [7, 11) is 0. The van der Waals surface area contributed by atoms with Crippen LogP contribution in [0.2, 0.25) is 0 Å². The van der Waals surface area contributed by atoms with Gasteiger partial charge < -0.3 is 15.8 Å². The number of nitro groups is 1. The molecule has 0 aliphatic rings. The molecule has 1 aromatic rings. The Balaban J connectivity index is 2.73. The maximum Gasteiger partial charge on any atom is 0.310 e. The second kappa shape index (κ2) is 6.55. The Kier molecular flexibility index (Phi) is 5.06. The largest absolute Gasteiger partial charge is 0.485 e. The fraction of sp³-hybridized carbons (Fsp3) is 0.364. The van der Waals surface area contributed by atoms with Gasteiger partial charge >= 0.3 is 5.69 Å². The van der Waals surface area contributed by atoms with Crippen LogP contribution in [0.3, 0.4) is 0 Å². The number of nitrogens with one attached hydrogen (secondary N) is 1. The predicted molar refractivity (Wildman–Crippen MR) is 65.3 cm³/mol. The lowest BCUT2D eigenvalue weighted by atomic mass is 10.3. The van der Waals surface area contributed by atoms with Gasteiger partial charge in [0.2, 0.25) is 5.91 Å². The van der Waals surface area contributed by atoms with Gasteiger partial charge in [0.25, 0.3) is 0 Å². The highest BCUT2D eigenvalue weighted by Gasteiger charge is 2.18. The van der Waals surface area contributed by atoms with Gasteiger partial charge in [-0.1, -0.05) is 19.1 Å². The van der Waals surface area contributed by atoms with Crippen molar-refractivity contribution in [3.8, 4) is 5.75 Å². The molecule has 0 spiro atoms. The summed E-state index contributed by atoms with van der Waals surface area (Å²) in [6.45, 7) is 2.32. The quantitative estimate of drug-likeness (QED) is 0.541. The first kappa shape index (κ1) is 13.9. The summed E-state index contributed by atoms with van der Waals surface area (Å²) in [4.78, 5) is 21.3. The van der Waals surface area contributed by atoms with E-state index in [0.29, 0.717) is 6.54 Å². The van der Waals surface area contributed by atoms with Crippen LogP contribution in [0.1, 0.15) is 6.92 Å². The first-order chi connectivity index (χ1) is 8.56. The second-order valence-electron chi connectivity index (χ2n) is 3.55. The molecule has 7 heteroatoms. The van der Waals surface area contributed by atoms with E-state index in [4.69, 9.17) is 10.5 Å². The highest BCUT2D eigenvalue weighted by molar-refractivity contribution is 5.80. The molecular formula is C11H15N3O4. The molecule has 0 aromatic heterocycles. The number of hydrogen-bond acceptors (Lipinski definition) is 5. The molecule has 3 N–H and O–H groups in total. The number of benzene rings is 1. The van der Waals surface area contributed by atoms with Crippen molar-refractivity contribution in [2.45, 2.75) is 13.0 Å². The molecule has 0 radical (unpaired) electrons. The molecule has 1 rings (SSSR count). The highest BCUT2D eigenvalue weighted by Crippen LogP contribution is 2.25. The van der Waals surface area contributed by atoms with Crippen molar-refractivity contribution >= 4 is 11.6 Å². The molecule has 0 saturated carbocycles. The summed E-state index contributed by atoms with van der Waals surface area (Å²) >= 11 is 0. The number of rotatable bonds is 7. The predicted octanol–water partition coefficient (Wildman–Crippen LogP) is 0.437. The minimum Gasteiger partial charge on any atom is -0.485 e. The minimum absolute atomic E-state index is 0.0476. The zero-order chi connectivity index (χ0) is 13.5. The highest BCUT2D eigenvalue weighted by atomic mass is 16.6. The first-order valence-corrected chi connectivity index (χ1v) is 5.45. The molecule has 0 aliphatic carbocycles. The van der Waals surface area contributed by atoms with Gasteiger partial charge in [0.05, 0.1) is 4.92 Å². The average molecular weight is 253 g/mol. The summed E-state index contributed by atoms with van der Waals surface area (Å²) in [5.41, 5.74) is 5.03. The third-order valence-corrected chi connectivity index (χ3v) is 2.26. The maximum atomic E-state index is 11.1. The van der Waals surface area contributed by atoms with E-state index in [2.05, 4.69) is 5.32 Å². The molecule has 1 amide bonds. The Morgan fingerprint density at radius 2 is 2.22 bits per heavy atom. The molecule has 0 bridgehead atoms. The zero-order valence-electron chi connectivity index (χ0n) is 9.96.